The van der Waals surface area contributed by atoms with E-state index in [1.54, 1.807) is 30.4 Å². The summed E-state index contributed by atoms with van der Waals surface area (Å²) >= 11 is 0. The highest BCUT2D eigenvalue weighted by Gasteiger charge is 2.35. The Morgan fingerprint density at radius 3 is 2.59 bits per heavy atom. The van der Waals surface area contributed by atoms with Gasteiger partial charge in [0.2, 0.25) is 5.91 Å². The third-order valence-electron chi connectivity index (χ3n) is 7.19. The van der Waals surface area contributed by atoms with Gasteiger partial charge in [0.05, 0.1) is 26.3 Å². The Bertz CT molecular complexity index is 1340. The van der Waals surface area contributed by atoms with Crippen molar-refractivity contribution in [1.29, 1.82) is 0 Å². The molecule has 0 saturated heterocycles. The van der Waals surface area contributed by atoms with Gasteiger partial charge in [-0.15, -0.1) is 0 Å². The van der Waals surface area contributed by atoms with Crippen molar-refractivity contribution in [3.63, 3.8) is 0 Å². The largest absolute Gasteiger partial charge is 0.496 e. The number of hydrogen-bond donors (Lipinski definition) is 2. The third-order valence-corrected chi connectivity index (χ3v) is 7.19. The summed E-state index contributed by atoms with van der Waals surface area (Å²) in [5, 5.41) is 4.21. The summed E-state index contributed by atoms with van der Waals surface area (Å²) in [5.74, 6) is 0.716. The number of carbonyl (C=O) groups excluding carboxylic acids is 2. The van der Waals surface area contributed by atoms with Crippen molar-refractivity contribution < 1.29 is 18.7 Å². The fraction of sp³-hybridized carbons (Fsp3) is 0.333. The minimum absolute atomic E-state index is 0.107. The minimum Gasteiger partial charge on any atom is -0.496 e. The van der Waals surface area contributed by atoms with Crippen LogP contribution < -0.4 is 10.1 Å². The van der Waals surface area contributed by atoms with Gasteiger partial charge in [0.15, 0.2) is 6.04 Å². The van der Waals surface area contributed by atoms with Gasteiger partial charge >= 0.3 is 0 Å². The summed E-state index contributed by atoms with van der Waals surface area (Å²) in [4.78, 5) is 32.7. The maximum Gasteiger partial charge on any atom is 0.250 e. The van der Waals surface area contributed by atoms with Crippen molar-refractivity contribution >= 4 is 22.7 Å². The zero-order chi connectivity index (χ0) is 25.6. The van der Waals surface area contributed by atoms with E-state index in [9.17, 15) is 9.59 Å². The lowest BCUT2D eigenvalue weighted by atomic mass is 9.95. The highest BCUT2D eigenvalue weighted by atomic mass is 16.5. The number of fused-ring (bicyclic) bond motifs is 1. The molecule has 1 saturated carbocycles. The van der Waals surface area contributed by atoms with Gasteiger partial charge in [-0.2, -0.15) is 0 Å². The van der Waals surface area contributed by atoms with Crippen LogP contribution in [0.25, 0.3) is 10.9 Å². The Morgan fingerprint density at radius 2 is 1.81 bits per heavy atom. The molecule has 0 unspecified atom stereocenters. The van der Waals surface area contributed by atoms with Crippen LogP contribution in [0.5, 0.6) is 5.75 Å². The summed E-state index contributed by atoms with van der Waals surface area (Å²) < 4.78 is 11.3. The second kappa shape index (κ2) is 11.4. The highest BCUT2D eigenvalue weighted by Crippen LogP contribution is 2.30. The van der Waals surface area contributed by atoms with Crippen molar-refractivity contribution in [3.8, 4) is 5.75 Å². The number of aromatic amines is 1. The molecule has 5 rings (SSSR count). The molecule has 4 aromatic rings. The normalized spacial score (nSPS) is 14.8. The number of amides is 2. The third kappa shape index (κ3) is 5.56. The van der Waals surface area contributed by atoms with Crippen molar-refractivity contribution in [2.24, 2.45) is 0 Å². The molecule has 0 radical (unpaired) electrons. The molecule has 2 N–H and O–H groups in total. The quantitative estimate of drug-likeness (QED) is 0.317. The lowest BCUT2D eigenvalue weighted by Crippen LogP contribution is -2.47. The number of ether oxygens (including phenoxy) is 1. The molecule has 192 valence electrons. The van der Waals surface area contributed by atoms with Gasteiger partial charge < -0.3 is 24.4 Å². The molecule has 7 heteroatoms. The molecule has 2 heterocycles. The average molecular weight is 500 g/mol. The molecule has 1 atom stereocenters. The van der Waals surface area contributed by atoms with E-state index in [-0.39, 0.29) is 30.8 Å². The van der Waals surface area contributed by atoms with E-state index in [2.05, 4.69) is 10.3 Å². The Morgan fingerprint density at radius 1 is 1.03 bits per heavy atom. The van der Waals surface area contributed by atoms with Crippen LogP contribution in [0.2, 0.25) is 0 Å². The second-order valence-electron chi connectivity index (χ2n) is 9.63. The van der Waals surface area contributed by atoms with E-state index < -0.39 is 6.04 Å². The number of H-pyrrole nitrogens is 1. The molecule has 1 aliphatic carbocycles. The van der Waals surface area contributed by atoms with E-state index >= 15 is 0 Å². The smallest absolute Gasteiger partial charge is 0.250 e. The molecule has 7 nitrogen and oxygen atoms in total. The zero-order valence-corrected chi connectivity index (χ0v) is 21.1. The minimum atomic E-state index is -0.903. The molecule has 0 bridgehead atoms. The first-order valence-corrected chi connectivity index (χ1v) is 12.9. The number of benzene rings is 2. The van der Waals surface area contributed by atoms with E-state index in [0.29, 0.717) is 11.5 Å². The van der Waals surface area contributed by atoms with E-state index in [0.717, 1.165) is 47.7 Å². The molecule has 37 heavy (non-hydrogen) atoms. The first-order valence-electron chi connectivity index (χ1n) is 12.9. The lowest BCUT2D eigenvalue weighted by Gasteiger charge is -2.32. The average Bonchev–Trinajstić information content (AvgIpc) is 3.60. The van der Waals surface area contributed by atoms with Gasteiger partial charge in [0, 0.05) is 28.7 Å². The summed E-state index contributed by atoms with van der Waals surface area (Å²) in [6, 6.07) is 18.2. The number of methoxy groups -OCH3 is 1. The maximum atomic E-state index is 14.0. The van der Waals surface area contributed by atoms with Crippen LogP contribution in [-0.2, 0) is 22.6 Å². The highest BCUT2D eigenvalue weighted by molar-refractivity contribution is 5.92. The first-order chi connectivity index (χ1) is 18.1. The molecule has 1 fully saturated rings. The topological polar surface area (TPSA) is 87.6 Å². The van der Waals surface area contributed by atoms with Crippen LogP contribution in [-0.4, -0.2) is 34.8 Å². The van der Waals surface area contributed by atoms with Gasteiger partial charge in [-0.3, -0.25) is 9.59 Å². The Balaban J connectivity index is 1.50. The first kappa shape index (κ1) is 24.7. The van der Waals surface area contributed by atoms with Gasteiger partial charge in [0.25, 0.3) is 5.91 Å². The van der Waals surface area contributed by atoms with Crippen LogP contribution in [0.1, 0.15) is 55.0 Å². The number of para-hydroxylation sites is 2. The Labute approximate surface area is 216 Å². The number of furan rings is 1. The predicted octanol–water partition coefficient (Wildman–Crippen LogP) is 5.53. The molecule has 2 amide bonds. The summed E-state index contributed by atoms with van der Waals surface area (Å²) in [6.45, 7) is 0.203. The van der Waals surface area contributed by atoms with E-state index in [4.69, 9.17) is 9.15 Å². The van der Waals surface area contributed by atoms with Crippen LogP contribution in [0.3, 0.4) is 0 Å². The molecule has 2 aromatic heterocycles. The molecular formula is C30H33N3O4. The maximum absolute atomic E-state index is 14.0. The van der Waals surface area contributed by atoms with Crippen LogP contribution in [0.15, 0.2) is 77.5 Å². The summed E-state index contributed by atoms with van der Waals surface area (Å²) in [5.41, 5.74) is 2.68. The number of aromatic nitrogens is 1. The van der Waals surface area contributed by atoms with Crippen molar-refractivity contribution in [1.82, 2.24) is 15.2 Å². The summed E-state index contributed by atoms with van der Waals surface area (Å²) in [6.07, 6.45) is 8.85. The summed E-state index contributed by atoms with van der Waals surface area (Å²) in [7, 11) is 1.61. The van der Waals surface area contributed by atoms with Crippen LogP contribution in [0, 0.1) is 0 Å². The molecular weight excluding hydrogens is 466 g/mol. The molecule has 0 aliphatic heterocycles. The van der Waals surface area contributed by atoms with Gasteiger partial charge in [-0.05, 0) is 42.7 Å². The Hall–Kier alpha value is -4.00. The van der Waals surface area contributed by atoms with E-state index in [1.807, 2.05) is 54.7 Å². The van der Waals surface area contributed by atoms with Crippen molar-refractivity contribution in [2.75, 3.05) is 7.11 Å². The van der Waals surface area contributed by atoms with Crippen LogP contribution in [0.4, 0.5) is 0 Å². The van der Waals surface area contributed by atoms with Gasteiger partial charge in [-0.25, -0.2) is 0 Å². The fourth-order valence-electron chi connectivity index (χ4n) is 5.28. The fourth-order valence-corrected chi connectivity index (χ4v) is 5.28. The predicted molar refractivity (Wildman–Crippen MR) is 142 cm³/mol. The monoisotopic (exact) mass is 499 g/mol. The van der Waals surface area contributed by atoms with E-state index in [1.165, 1.54) is 6.42 Å². The number of nitrogens with one attached hydrogen (secondary N) is 2. The van der Waals surface area contributed by atoms with Gasteiger partial charge in [0.1, 0.15) is 11.5 Å². The lowest BCUT2D eigenvalue weighted by molar-refractivity contribution is -0.142. The van der Waals surface area contributed by atoms with Gasteiger partial charge in [-0.1, -0.05) is 55.7 Å². The van der Waals surface area contributed by atoms with Crippen LogP contribution >= 0.6 is 0 Å². The Kier molecular flexibility index (Phi) is 7.59. The molecule has 1 aliphatic rings. The number of rotatable bonds is 9. The van der Waals surface area contributed by atoms with Crippen molar-refractivity contribution in [2.45, 2.75) is 57.2 Å². The number of nitrogens with zero attached hydrogens (tertiary/aromatic N) is 1. The standard InChI is InChI=1S/C30H33N3O4/c1-36-26-15-8-5-10-21(26)20-33(28(34)18-22-19-31-25-14-7-6-13-24(22)25)29(27-16-9-17-37-27)30(35)32-23-11-3-2-4-12-23/h5-10,13-17,19,23,29,31H,2-4,11-12,18,20H2,1H3,(H,32,35)/t29-/m0/s1. The zero-order valence-electron chi connectivity index (χ0n) is 21.1. The SMILES string of the molecule is COc1ccccc1CN(C(=O)Cc1c[nH]c2ccccc12)[C@H](C(=O)NC1CCCCC1)c1ccco1. The molecule has 0 spiro atoms. The number of carbonyl (C=O) groups is 2. The second-order valence-corrected chi connectivity index (χ2v) is 9.63. The molecule has 2 aromatic carbocycles. The number of hydrogen-bond acceptors (Lipinski definition) is 4. The van der Waals surface area contributed by atoms with Crippen molar-refractivity contribution in [3.05, 3.63) is 90.0 Å².